The number of hydrogen-bond acceptors (Lipinski definition) is 5. The zero-order valence-corrected chi connectivity index (χ0v) is 9.59. The fraction of sp³-hybridized carbons (Fsp3) is 0.231. The normalized spacial score (nSPS) is 13.1. The lowest BCUT2D eigenvalue weighted by Crippen LogP contribution is -2.15. The van der Waals surface area contributed by atoms with Crippen LogP contribution in [0.25, 0.3) is 6.08 Å². The molecule has 2 rings (SSSR count). The second-order valence-electron chi connectivity index (χ2n) is 3.50. The van der Waals surface area contributed by atoms with Crippen molar-refractivity contribution in [2.24, 2.45) is 0 Å². The summed E-state index contributed by atoms with van der Waals surface area (Å²) in [5.74, 6) is 0.811. The Kier molecular flexibility index (Phi) is 3.82. The van der Waals surface area contributed by atoms with E-state index in [9.17, 15) is 4.79 Å². The molecule has 0 radical (unpaired) electrons. The van der Waals surface area contributed by atoms with Gasteiger partial charge < -0.3 is 14.2 Å². The summed E-state index contributed by atoms with van der Waals surface area (Å²) >= 11 is 0. The number of hydrogen-bond donors (Lipinski definition) is 0. The van der Waals surface area contributed by atoms with E-state index in [0.29, 0.717) is 24.7 Å². The van der Waals surface area contributed by atoms with Crippen LogP contribution < -0.4 is 9.47 Å². The molecule has 1 aromatic carbocycles. The molecule has 1 aromatic rings. The summed E-state index contributed by atoms with van der Waals surface area (Å²) in [5, 5.41) is 8.25. The third-order valence-electron chi connectivity index (χ3n) is 2.26. The maximum absolute atomic E-state index is 11.1. The third-order valence-corrected chi connectivity index (χ3v) is 2.26. The second-order valence-corrected chi connectivity index (χ2v) is 3.50. The van der Waals surface area contributed by atoms with Gasteiger partial charge in [-0.15, -0.1) is 0 Å². The number of ether oxygens (including phenoxy) is 3. The Bertz CT molecular complexity index is 516. The number of fused-ring (bicyclic) bond motifs is 1. The summed E-state index contributed by atoms with van der Waals surface area (Å²) in [6, 6.07) is 7.10. The van der Waals surface area contributed by atoms with Crippen molar-refractivity contribution >= 4 is 12.0 Å². The van der Waals surface area contributed by atoms with Crippen molar-refractivity contribution in [1.29, 1.82) is 5.26 Å². The van der Waals surface area contributed by atoms with Gasteiger partial charge in [-0.2, -0.15) is 5.26 Å². The highest BCUT2D eigenvalue weighted by Crippen LogP contribution is 2.30. The summed E-state index contributed by atoms with van der Waals surface area (Å²) in [4.78, 5) is 11.1. The van der Waals surface area contributed by atoms with Crippen LogP contribution in [0.5, 0.6) is 11.5 Å². The van der Waals surface area contributed by atoms with Gasteiger partial charge >= 0.3 is 5.97 Å². The van der Waals surface area contributed by atoms with E-state index in [0.717, 1.165) is 5.56 Å². The largest absolute Gasteiger partial charge is 0.486 e. The van der Waals surface area contributed by atoms with E-state index in [2.05, 4.69) is 4.74 Å². The lowest BCUT2D eigenvalue weighted by atomic mass is 10.2. The van der Waals surface area contributed by atoms with Gasteiger partial charge in [-0.25, -0.2) is 4.79 Å². The Labute approximate surface area is 104 Å². The van der Waals surface area contributed by atoms with E-state index in [-0.39, 0.29) is 6.61 Å². The fourth-order valence-electron chi connectivity index (χ4n) is 1.48. The molecule has 0 saturated heterocycles. The van der Waals surface area contributed by atoms with Crippen LogP contribution in [0.15, 0.2) is 24.3 Å². The van der Waals surface area contributed by atoms with Crippen molar-refractivity contribution in [3.63, 3.8) is 0 Å². The van der Waals surface area contributed by atoms with Crippen molar-refractivity contribution in [2.45, 2.75) is 0 Å². The van der Waals surface area contributed by atoms with Crippen molar-refractivity contribution in [3.8, 4) is 17.6 Å². The SMILES string of the molecule is N#CCOC(=O)/C=C/c1ccc2c(c1)OCCO2. The minimum atomic E-state index is -0.550. The average molecular weight is 245 g/mol. The number of esters is 1. The summed E-state index contributed by atoms with van der Waals surface area (Å²) in [5.41, 5.74) is 0.799. The Balaban J connectivity index is 2.04. The molecule has 1 heterocycles. The second kappa shape index (κ2) is 5.73. The van der Waals surface area contributed by atoms with Gasteiger partial charge in [-0.3, -0.25) is 0 Å². The van der Waals surface area contributed by atoms with Gasteiger partial charge in [0.25, 0.3) is 0 Å². The van der Waals surface area contributed by atoms with E-state index < -0.39 is 5.97 Å². The zero-order chi connectivity index (χ0) is 12.8. The van der Waals surface area contributed by atoms with Gasteiger partial charge in [0.1, 0.15) is 19.3 Å². The first-order valence-corrected chi connectivity index (χ1v) is 5.41. The predicted molar refractivity (Wildman–Crippen MR) is 63.0 cm³/mol. The molecule has 5 heteroatoms. The molecule has 0 amide bonds. The Morgan fingerprint density at radius 1 is 1.39 bits per heavy atom. The number of nitriles is 1. The van der Waals surface area contributed by atoms with E-state index in [1.54, 1.807) is 24.3 Å². The quantitative estimate of drug-likeness (QED) is 0.596. The first-order valence-electron chi connectivity index (χ1n) is 5.41. The Hall–Kier alpha value is -2.48. The number of nitrogens with zero attached hydrogens (tertiary/aromatic N) is 1. The van der Waals surface area contributed by atoms with E-state index in [4.69, 9.17) is 14.7 Å². The lowest BCUT2D eigenvalue weighted by Gasteiger charge is -2.18. The van der Waals surface area contributed by atoms with Gasteiger partial charge in [0.2, 0.25) is 0 Å². The molecule has 18 heavy (non-hydrogen) atoms. The summed E-state index contributed by atoms with van der Waals surface area (Å²) < 4.78 is 15.4. The van der Waals surface area contributed by atoms with Crippen LogP contribution in [-0.2, 0) is 9.53 Å². The van der Waals surface area contributed by atoms with Gasteiger partial charge in [0.05, 0.1) is 0 Å². The van der Waals surface area contributed by atoms with Crippen LogP contribution in [0.4, 0.5) is 0 Å². The predicted octanol–water partition coefficient (Wildman–Crippen LogP) is 1.54. The van der Waals surface area contributed by atoms with Gasteiger partial charge in [0.15, 0.2) is 18.1 Å². The molecule has 5 nitrogen and oxygen atoms in total. The average Bonchev–Trinajstić information content (AvgIpc) is 2.42. The number of carbonyl (C=O) groups is 1. The molecular weight excluding hydrogens is 234 g/mol. The molecular formula is C13H11NO4. The van der Waals surface area contributed by atoms with E-state index in [1.165, 1.54) is 6.08 Å². The van der Waals surface area contributed by atoms with E-state index in [1.807, 2.05) is 6.07 Å². The summed E-state index contributed by atoms with van der Waals surface area (Å²) in [6.07, 6.45) is 2.86. The third kappa shape index (κ3) is 3.01. The number of benzene rings is 1. The highest BCUT2D eigenvalue weighted by atomic mass is 16.6. The molecule has 0 atom stereocenters. The van der Waals surface area contributed by atoms with Gasteiger partial charge in [0, 0.05) is 6.08 Å². The molecule has 0 bridgehead atoms. The molecule has 0 saturated carbocycles. The van der Waals surface area contributed by atoms with Gasteiger partial charge in [-0.05, 0) is 23.8 Å². The topological polar surface area (TPSA) is 68.5 Å². The minimum Gasteiger partial charge on any atom is -0.486 e. The van der Waals surface area contributed by atoms with Crippen molar-refractivity contribution in [2.75, 3.05) is 19.8 Å². The maximum atomic E-state index is 11.1. The number of rotatable bonds is 3. The van der Waals surface area contributed by atoms with Crippen LogP contribution >= 0.6 is 0 Å². The Morgan fingerprint density at radius 3 is 2.94 bits per heavy atom. The lowest BCUT2D eigenvalue weighted by molar-refractivity contribution is -0.136. The maximum Gasteiger partial charge on any atom is 0.331 e. The molecule has 0 aromatic heterocycles. The molecule has 1 aliphatic heterocycles. The van der Waals surface area contributed by atoms with Crippen molar-refractivity contribution in [1.82, 2.24) is 0 Å². The van der Waals surface area contributed by atoms with Crippen LogP contribution in [0.3, 0.4) is 0 Å². The smallest absolute Gasteiger partial charge is 0.331 e. The summed E-state index contributed by atoms with van der Waals surface area (Å²) in [7, 11) is 0. The molecule has 0 unspecified atom stereocenters. The van der Waals surface area contributed by atoms with Crippen molar-refractivity contribution < 1.29 is 19.0 Å². The Morgan fingerprint density at radius 2 is 2.17 bits per heavy atom. The molecule has 0 fully saturated rings. The monoisotopic (exact) mass is 245 g/mol. The minimum absolute atomic E-state index is 0.246. The van der Waals surface area contributed by atoms with Crippen LogP contribution in [-0.4, -0.2) is 25.8 Å². The van der Waals surface area contributed by atoms with Crippen LogP contribution in [0, 0.1) is 11.3 Å². The first-order chi connectivity index (χ1) is 8.79. The molecule has 1 aliphatic rings. The fourth-order valence-corrected chi connectivity index (χ4v) is 1.48. The molecule has 0 aliphatic carbocycles. The highest BCUT2D eigenvalue weighted by Gasteiger charge is 2.10. The van der Waals surface area contributed by atoms with Gasteiger partial charge in [-0.1, -0.05) is 6.07 Å². The van der Waals surface area contributed by atoms with Crippen molar-refractivity contribution in [3.05, 3.63) is 29.8 Å². The zero-order valence-electron chi connectivity index (χ0n) is 9.59. The molecule has 0 N–H and O–H groups in total. The molecule has 92 valence electrons. The first kappa shape index (κ1) is 12.0. The number of carbonyl (C=O) groups excluding carboxylic acids is 1. The highest BCUT2D eigenvalue weighted by molar-refractivity contribution is 5.87. The van der Waals surface area contributed by atoms with Crippen LogP contribution in [0.1, 0.15) is 5.56 Å². The standard InChI is InChI=1S/C13H11NO4/c14-5-6-18-13(15)4-2-10-1-3-11-12(9-10)17-8-7-16-11/h1-4,9H,6-8H2/b4-2+. The van der Waals surface area contributed by atoms with E-state index >= 15 is 0 Å². The molecule has 0 spiro atoms. The summed E-state index contributed by atoms with van der Waals surface area (Å²) in [6.45, 7) is 0.817. The van der Waals surface area contributed by atoms with Crippen LogP contribution in [0.2, 0.25) is 0 Å².